The highest BCUT2D eigenvalue weighted by molar-refractivity contribution is 6.51. The number of pyridine rings is 1. The predicted molar refractivity (Wildman–Crippen MR) is 136 cm³/mol. The largest absolute Gasteiger partial charge is 0.507 e. The Morgan fingerprint density at radius 1 is 1.06 bits per heavy atom. The van der Waals surface area contributed by atoms with Gasteiger partial charge in [0.1, 0.15) is 23.9 Å². The molecule has 3 aromatic rings. The molecule has 0 bridgehead atoms. The topological polar surface area (TPSA) is 79.7 Å². The van der Waals surface area contributed by atoms with Crippen molar-refractivity contribution < 1.29 is 19.4 Å². The third-order valence-corrected chi connectivity index (χ3v) is 5.93. The van der Waals surface area contributed by atoms with Crippen LogP contribution in [0, 0.1) is 0 Å². The lowest BCUT2D eigenvalue weighted by atomic mass is 9.85. The highest BCUT2D eigenvalue weighted by Gasteiger charge is 2.47. The molecular formula is C29H28N2O4. The van der Waals surface area contributed by atoms with E-state index in [-0.39, 0.29) is 16.7 Å². The molecule has 1 amide bonds. The van der Waals surface area contributed by atoms with Gasteiger partial charge in [0, 0.05) is 11.8 Å². The van der Waals surface area contributed by atoms with E-state index in [1.807, 2.05) is 24.3 Å². The number of aliphatic hydroxyl groups excluding tert-OH is 1. The summed E-state index contributed by atoms with van der Waals surface area (Å²) >= 11 is 0. The van der Waals surface area contributed by atoms with E-state index < -0.39 is 17.7 Å². The number of nitrogens with zero attached hydrogens (tertiary/aromatic N) is 2. The summed E-state index contributed by atoms with van der Waals surface area (Å²) in [5.74, 6) is -0.801. The molecule has 1 fully saturated rings. The number of amides is 1. The molecule has 6 nitrogen and oxygen atoms in total. The number of hydrogen-bond donors (Lipinski definition) is 1. The molecule has 0 radical (unpaired) electrons. The molecule has 35 heavy (non-hydrogen) atoms. The first-order valence-corrected chi connectivity index (χ1v) is 11.4. The van der Waals surface area contributed by atoms with Crippen LogP contribution in [0.1, 0.15) is 43.5 Å². The molecule has 1 aliphatic heterocycles. The summed E-state index contributed by atoms with van der Waals surface area (Å²) in [6.07, 6.45) is 3.20. The molecule has 2 heterocycles. The maximum absolute atomic E-state index is 13.2. The Balaban J connectivity index is 1.84. The normalized spacial score (nSPS) is 17.5. The van der Waals surface area contributed by atoms with Gasteiger partial charge in [0.2, 0.25) is 0 Å². The summed E-state index contributed by atoms with van der Waals surface area (Å²) in [7, 11) is 0. The molecule has 0 saturated carbocycles. The predicted octanol–water partition coefficient (Wildman–Crippen LogP) is 5.57. The van der Waals surface area contributed by atoms with Gasteiger partial charge in [-0.1, -0.05) is 63.8 Å². The molecule has 0 spiro atoms. The minimum atomic E-state index is -0.824. The number of ketones is 1. The van der Waals surface area contributed by atoms with Crippen molar-refractivity contribution in [3.8, 4) is 5.75 Å². The van der Waals surface area contributed by atoms with Crippen LogP contribution in [0.2, 0.25) is 0 Å². The van der Waals surface area contributed by atoms with Crippen LogP contribution in [0.5, 0.6) is 5.75 Å². The van der Waals surface area contributed by atoms with Crippen molar-refractivity contribution in [1.82, 2.24) is 4.98 Å². The lowest BCUT2D eigenvalue weighted by molar-refractivity contribution is -0.132. The molecule has 1 atom stereocenters. The first-order valence-electron chi connectivity index (χ1n) is 11.4. The number of hydrogen-bond acceptors (Lipinski definition) is 5. The number of anilines is 1. The van der Waals surface area contributed by atoms with Gasteiger partial charge in [-0.15, -0.1) is 0 Å². The first kappa shape index (κ1) is 24.0. The Kier molecular flexibility index (Phi) is 6.56. The second-order valence-electron chi connectivity index (χ2n) is 9.35. The molecule has 0 unspecified atom stereocenters. The fourth-order valence-electron chi connectivity index (χ4n) is 4.07. The molecule has 1 aliphatic rings. The number of Topliss-reactive ketones (excluding diaryl/α,β-unsaturated/α-hetero) is 1. The van der Waals surface area contributed by atoms with Crippen LogP contribution < -0.4 is 9.64 Å². The molecule has 1 saturated heterocycles. The molecule has 178 valence electrons. The van der Waals surface area contributed by atoms with Crippen LogP contribution in [-0.4, -0.2) is 28.4 Å². The van der Waals surface area contributed by atoms with E-state index in [4.69, 9.17) is 4.74 Å². The van der Waals surface area contributed by atoms with E-state index in [9.17, 15) is 14.7 Å². The van der Waals surface area contributed by atoms with E-state index in [2.05, 4.69) is 32.3 Å². The third-order valence-electron chi connectivity index (χ3n) is 5.93. The van der Waals surface area contributed by atoms with E-state index in [1.54, 1.807) is 54.7 Å². The smallest absolute Gasteiger partial charge is 0.301 e. The van der Waals surface area contributed by atoms with Gasteiger partial charge in [0.15, 0.2) is 0 Å². The van der Waals surface area contributed by atoms with Gasteiger partial charge in [-0.2, -0.15) is 0 Å². The number of benzene rings is 2. The average Bonchev–Trinajstić information content (AvgIpc) is 3.13. The summed E-state index contributed by atoms with van der Waals surface area (Å²) in [6.45, 7) is 10.3. The van der Waals surface area contributed by atoms with E-state index in [0.717, 1.165) is 5.56 Å². The zero-order chi connectivity index (χ0) is 25.2. The average molecular weight is 469 g/mol. The lowest BCUT2D eigenvalue weighted by Crippen LogP contribution is -2.30. The second-order valence-corrected chi connectivity index (χ2v) is 9.35. The van der Waals surface area contributed by atoms with Gasteiger partial charge in [0.25, 0.3) is 5.78 Å². The van der Waals surface area contributed by atoms with E-state index in [1.165, 1.54) is 4.90 Å². The molecule has 0 aliphatic carbocycles. The van der Waals surface area contributed by atoms with Gasteiger partial charge in [-0.25, -0.2) is 4.98 Å². The number of carbonyl (C=O) groups is 2. The summed E-state index contributed by atoms with van der Waals surface area (Å²) in [5.41, 5.74) is 2.19. The van der Waals surface area contributed by atoms with Crippen molar-refractivity contribution in [2.45, 2.75) is 32.2 Å². The fourth-order valence-corrected chi connectivity index (χ4v) is 4.07. The quantitative estimate of drug-likeness (QED) is 0.221. The number of rotatable bonds is 6. The van der Waals surface area contributed by atoms with Gasteiger partial charge in [-0.05, 0) is 52.9 Å². The van der Waals surface area contributed by atoms with Crippen LogP contribution in [0.25, 0.3) is 5.76 Å². The SMILES string of the molecule is C=CCOc1ccc(C(O)=C2C(=O)C(=O)N(c3ccccn3)[C@H]2c2ccc(C(C)(C)C)cc2)cc1. The molecule has 1 N–H and O–H groups in total. The molecule has 1 aromatic heterocycles. The van der Waals surface area contributed by atoms with Crippen molar-refractivity contribution in [2.75, 3.05) is 11.5 Å². The van der Waals surface area contributed by atoms with Crippen LogP contribution >= 0.6 is 0 Å². The number of aliphatic hydroxyl groups is 1. The maximum atomic E-state index is 13.2. The van der Waals surface area contributed by atoms with Crippen molar-refractivity contribution in [2.24, 2.45) is 0 Å². The zero-order valence-corrected chi connectivity index (χ0v) is 20.1. The summed E-state index contributed by atoms with van der Waals surface area (Å²) in [5, 5.41) is 11.3. The highest BCUT2D eigenvalue weighted by Crippen LogP contribution is 2.42. The van der Waals surface area contributed by atoms with Crippen molar-refractivity contribution in [1.29, 1.82) is 0 Å². The summed E-state index contributed by atoms with van der Waals surface area (Å²) in [6, 6.07) is 18.8. The van der Waals surface area contributed by atoms with E-state index in [0.29, 0.717) is 29.3 Å². The van der Waals surface area contributed by atoms with Crippen LogP contribution in [0.4, 0.5) is 5.82 Å². The summed E-state index contributed by atoms with van der Waals surface area (Å²) < 4.78 is 5.50. The summed E-state index contributed by atoms with van der Waals surface area (Å²) in [4.78, 5) is 32.1. The van der Waals surface area contributed by atoms with Gasteiger partial charge in [-0.3, -0.25) is 14.5 Å². The fraction of sp³-hybridized carbons (Fsp3) is 0.207. The number of ether oxygens (including phenoxy) is 1. The third kappa shape index (κ3) is 4.73. The zero-order valence-electron chi connectivity index (χ0n) is 20.1. The molecule has 4 rings (SSSR count). The number of carbonyl (C=O) groups excluding carboxylic acids is 2. The van der Waals surface area contributed by atoms with E-state index >= 15 is 0 Å². The van der Waals surface area contributed by atoms with Crippen LogP contribution in [0.15, 0.2) is 91.2 Å². The maximum Gasteiger partial charge on any atom is 0.301 e. The van der Waals surface area contributed by atoms with Gasteiger partial charge < -0.3 is 9.84 Å². The standard InChI is InChI=1S/C29H28N2O4/c1-5-18-35-22-15-11-20(12-16-22)26(32)24-25(19-9-13-21(14-10-19)29(2,3)4)31(28(34)27(24)33)23-8-6-7-17-30-23/h5-17,25,32H,1,18H2,2-4H3/t25-/m0/s1. The number of aromatic nitrogens is 1. The monoisotopic (exact) mass is 468 g/mol. The Morgan fingerprint density at radius 3 is 2.31 bits per heavy atom. The minimum Gasteiger partial charge on any atom is -0.507 e. The van der Waals surface area contributed by atoms with Gasteiger partial charge in [0.05, 0.1) is 11.6 Å². The Bertz CT molecular complexity index is 1270. The van der Waals surface area contributed by atoms with Crippen LogP contribution in [0.3, 0.4) is 0 Å². The van der Waals surface area contributed by atoms with Crippen LogP contribution in [-0.2, 0) is 15.0 Å². The Morgan fingerprint density at radius 2 is 1.74 bits per heavy atom. The molecule has 2 aromatic carbocycles. The first-order chi connectivity index (χ1) is 16.7. The van der Waals surface area contributed by atoms with Crippen molar-refractivity contribution in [3.63, 3.8) is 0 Å². The van der Waals surface area contributed by atoms with Crippen molar-refractivity contribution in [3.05, 3.63) is 108 Å². The van der Waals surface area contributed by atoms with Gasteiger partial charge >= 0.3 is 5.91 Å². The Labute approximate surface area is 205 Å². The molecular weight excluding hydrogens is 440 g/mol. The highest BCUT2D eigenvalue weighted by atomic mass is 16.5. The second kappa shape index (κ2) is 9.58. The molecule has 6 heteroatoms. The van der Waals surface area contributed by atoms with Crippen molar-refractivity contribution >= 4 is 23.3 Å². The Hall–Kier alpha value is -4.19. The lowest BCUT2D eigenvalue weighted by Gasteiger charge is -2.25. The minimum absolute atomic E-state index is 0.0175.